The van der Waals surface area contributed by atoms with Crippen LogP contribution in [0.3, 0.4) is 0 Å². The molecule has 1 rings (SSSR count). The highest BCUT2D eigenvalue weighted by Crippen LogP contribution is 2.19. The van der Waals surface area contributed by atoms with E-state index in [-0.39, 0.29) is 0 Å². The van der Waals surface area contributed by atoms with E-state index >= 15 is 0 Å². The van der Waals surface area contributed by atoms with Crippen molar-refractivity contribution >= 4 is 22.5 Å². The summed E-state index contributed by atoms with van der Waals surface area (Å²) >= 11 is 1.73. The molecule has 0 spiro atoms. The van der Waals surface area contributed by atoms with Crippen molar-refractivity contribution in [3.8, 4) is 0 Å². The van der Waals surface area contributed by atoms with Crippen molar-refractivity contribution in [3.63, 3.8) is 0 Å². The molecule has 2 nitrogen and oxygen atoms in total. The minimum Gasteiger partial charge on any atom is -0.384 e. The summed E-state index contributed by atoms with van der Waals surface area (Å²) in [4.78, 5) is 4.55. The molecular weight excluding hydrogens is 230 g/mol. The van der Waals surface area contributed by atoms with Gasteiger partial charge in [-0.15, -0.1) is 11.8 Å². The van der Waals surface area contributed by atoms with Gasteiger partial charge in [0.25, 0.3) is 0 Å². The zero-order valence-electron chi connectivity index (χ0n) is 11.5. The van der Waals surface area contributed by atoms with Crippen LogP contribution in [0, 0.1) is 6.92 Å². The van der Waals surface area contributed by atoms with Crippen LogP contribution in [0.25, 0.3) is 0 Å². The number of hydrogen-bond donors (Lipinski definition) is 0. The fourth-order valence-corrected chi connectivity index (χ4v) is 1.87. The molecule has 0 aromatic heterocycles. The van der Waals surface area contributed by atoms with Crippen LogP contribution in [-0.2, 0) is 4.74 Å². The van der Waals surface area contributed by atoms with Crippen molar-refractivity contribution in [3.05, 3.63) is 29.8 Å². The summed E-state index contributed by atoms with van der Waals surface area (Å²) in [6, 6.07) is 8.16. The quantitative estimate of drug-likeness (QED) is 0.449. The number of rotatable bonds is 4. The van der Waals surface area contributed by atoms with E-state index in [1.807, 2.05) is 39.0 Å². The van der Waals surface area contributed by atoms with Crippen LogP contribution in [-0.4, -0.2) is 24.5 Å². The predicted molar refractivity (Wildman–Crippen MR) is 79.6 cm³/mol. The molecule has 0 atom stereocenters. The second-order valence-electron chi connectivity index (χ2n) is 3.26. The maximum Gasteiger partial charge on any atom is 0.0708 e. The number of ether oxygens (including phenoxy) is 1. The number of benzene rings is 1. The highest BCUT2D eigenvalue weighted by Gasteiger charge is 1.96. The molecule has 0 heterocycles. The van der Waals surface area contributed by atoms with Crippen molar-refractivity contribution in [2.45, 2.75) is 27.7 Å². The van der Waals surface area contributed by atoms with E-state index in [1.54, 1.807) is 18.9 Å². The van der Waals surface area contributed by atoms with Crippen LogP contribution in [0.2, 0.25) is 0 Å². The second-order valence-corrected chi connectivity index (χ2v) is 4.55. The second kappa shape index (κ2) is 10.4. The minimum atomic E-state index is 0.769. The summed E-state index contributed by atoms with van der Waals surface area (Å²) < 4.78 is 4.99. The van der Waals surface area contributed by atoms with Crippen LogP contribution in [0.1, 0.15) is 26.3 Å². The molecule has 96 valence electrons. The number of hydrogen-bond acceptors (Lipinski definition) is 3. The van der Waals surface area contributed by atoms with Gasteiger partial charge in [-0.1, -0.05) is 32.0 Å². The van der Waals surface area contributed by atoms with Gasteiger partial charge in [0.05, 0.1) is 17.3 Å². The van der Waals surface area contributed by atoms with E-state index in [0.29, 0.717) is 0 Å². The molecule has 0 aliphatic carbocycles. The Morgan fingerprint density at radius 1 is 1.29 bits per heavy atom. The first kappa shape index (κ1) is 16.2. The van der Waals surface area contributed by atoms with Crippen LogP contribution in [0.15, 0.2) is 29.3 Å². The average molecular weight is 253 g/mol. The highest BCUT2D eigenvalue weighted by molar-refractivity contribution is 8.13. The van der Waals surface area contributed by atoms with E-state index in [4.69, 9.17) is 4.74 Å². The lowest BCUT2D eigenvalue weighted by molar-refractivity contribution is 0.219. The van der Waals surface area contributed by atoms with E-state index in [9.17, 15) is 0 Å². The molecule has 3 heteroatoms. The Balaban J connectivity index is 0.00000121. The number of nitrogens with zero attached hydrogens (tertiary/aromatic N) is 1. The first-order valence-corrected chi connectivity index (χ1v) is 6.95. The third-order valence-electron chi connectivity index (χ3n) is 1.99. The molecule has 1 aromatic rings. The lowest BCUT2D eigenvalue weighted by Gasteiger charge is -2.02. The molecule has 0 amide bonds. The van der Waals surface area contributed by atoms with Gasteiger partial charge in [0.15, 0.2) is 0 Å². The summed E-state index contributed by atoms with van der Waals surface area (Å²) in [5, 5.41) is 1.08. The molecule has 0 unspecified atom stereocenters. The van der Waals surface area contributed by atoms with Gasteiger partial charge < -0.3 is 4.74 Å². The molecule has 0 saturated heterocycles. The highest BCUT2D eigenvalue weighted by atomic mass is 32.2. The zero-order chi connectivity index (χ0) is 13.1. The van der Waals surface area contributed by atoms with Gasteiger partial charge in [0, 0.05) is 12.9 Å². The SMILES string of the molecule is CC.COCCSC(C)=Nc1ccccc1C. The molecule has 0 bridgehead atoms. The van der Waals surface area contributed by atoms with Gasteiger partial charge in [0.1, 0.15) is 0 Å². The molecule has 17 heavy (non-hydrogen) atoms. The number of thioether (sulfide) groups is 1. The van der Waals surface area contributed by atoms with E-state index in [0.717, 1.165) is 23.1 Å². The summed E-state index contributed by atoms with van der Waals surface area (Å²) in [6.45, 7) is 8.88. The zero-order valence-corrected chi connectivity index (χ0v) is 12.3. The lowest BCUT2D eigenvalue weighted by Crippen LogP contribution is -1.94. The van der Waals surface area contributed by atoms with Crippen molar-refractivity contribution in [2.24, 2.45) is 4.99 Å². The van der Waals surface area contributed by atoms with Gasteiger partial charge in [-0.05, 0) is 25.5 Å². The molecule has 0 radical (unpaired) electrons. The van der Waals surface area contributed by atoms with Gasteiger partial charge in [-0.25, -0.2) is 4.99 Å². The van der Waals surface area contributed by atoms with Gasteiger partial charge in [0.2, 0.25) is 0 Å². The summed E-state index contributed by atoms with van der Waals surface area (Å²) in [5.41, 5.74) is 2.27. The molecule has 0 aliphatic rings. The Morgan fingerprint density at radius 2 is 1.94 bits per heavy atom. The first-order chi connectivity index (χ1) is 8.24. The molecule has 0 saturated carbocycles. The number of para-hydroxylation sites is 1. The van der Waals surface area contributed by atoms with E-state index < -0.39 is 0 Å². The fraction of sp³-hybridized carbons (Fsp3) is 0.500. The van der Waals surface area contributed by atoms with E-state index in [2.05, 4.69) is 18.0 Å². The normalized spacial score (nSPS) is 10.8. The van der Waals surface area contributed by atoms with Crippen molar-refractivity contribution < 1.29 is 4.74 Å². The predicted octanol–water partition coefficient (Wildman–Crippen LogP) is 4.45. The van der Waals surface area contributed by atoms with Crippen LogP contribution in [0.4, 0.5) is 5.69 Å². The Bertz CT molecular complexity index is 337. The molecule has 1 aromatic carbocycles. The maximum absolute atomic E-state index is 4.99. The molecule has 0 fully saturated rings. The smallest absolute Gasteiger partial charge is 0.0708 e. The topological polar surface area (TPSA) is 21.6 Å². The molecule has 0 N–H and O–H groups in total. The van der Waals surface area contributed by atoms with Crippen molar-refractivity contribution in [1.82, 2.24) is 0 Å². The summed E-state index contributed by atoms with van der Waals surface area (Å²) in [6.07, 6.45) is 0. The van der Waals surface area contributed by atoms with E-state index in [1.165, 1.54) is 5.56 Å². The maximum atomic E-state index is 4.99. The Hall–Kier alpha value is -0.800. The van der Waals surface area contributed by atoms with Gasteiger partial charge >= 0.3 is 0 Å². The van der Waals surface area contributed by atoms with Crippen molar-refractivity contribution in [1.29, 1.82) is 0 Å². The third kappa shape index (κ3) is 7.18. The number of aliphatic imine (C=N–C) groups is 1. The average Bonchev–Trinajstić information content (AvgIpc) is 2.35. The third-order valence-corrected chi connectivity index (χ3v) is 2.87. The Morgan fingerprint density at radius 3 is 2.53 bits per heavy atom. The molecular formula is C14H23NOS. The Kier molecular flexibility index (Phi) is 9.87. The Labute approximate surface area is 109 Å². The summed E-state index contributed by atoms with van der Waals surface area (Å²) in [7, 11) is 1.72. The van der Waals surface area contributed by atoms with Crippen molar-refractivity contribution in [2.75, 3.05) is 19.5 Å². The number of methoxy groups -OCH3 is 1. The first-order valence-electron chi connectivity index (χ1n) is 5.96. The van der Waals surface area contributed by atoms with Gasteiger partial charge in [-0.3, -0.25) is 0 Å². The largest absolute Gasteiger partial charge is 0.384 e. The van der Waals surface area contributed by atoms with Crippen LogP contribution in [0.5, 0.6) is 0 Å². The van der Waals surface area contributed by atoms with Crippen LogP contribution < -0.4 is 0 Å². The standard InChI is InChI=1S/C12H17NOS.C2H6/c1-10-6-4-5-7-12(10)13-11(2)15-9-8-14-3;1-2/h4-7H,8-9H2,1-3H3;1-2H3. The summed E-state index contributed by atoms with van der Waals surface area (Å²) in [5.74, 6) is 0.956. The number of aryl methyl sites for hydroxylation is 1. The minimum absolute atomic E-state index is 0.769. The van der Waals surface area contributed by atoms with Crippen LogP contribution >= 0.6 is 11.8 Å². The monoisotopic (exact) mass is 253 g/mol. The molecule has 0 aliphatic heterocycles. The lowest BCUT2D eigenvalue weighted by atomic mass is 10.2. The van der Waals surface area contributed by atoms with Gasteiger partial charge in [-0.2, -0.15) is 0 Å². The fourth-order valence-electron chi connectivity index (χ4n) is 1.16.